The fourth-order valence-corrected chi connectivity index (χ4v) is 2.87. The van der Waals surface area contributed by atoms with Crippen LogP contribution in [-0.4, -0.2) is 37.1 Å². The number of amides is 2. The van der Waals surface area contributed by atoms with Gasteiger partial charge in [-0.3, -0.25) is 19.2 Å². The van der Waals surface area contributed by atoms with E-state index in [9.17, 15) is 19.2 Å². The van der Waals surface area contributed by atoms with Crippen LogP contribution in [0.25, 0.3) is 6.08 Å². The fourth-order valence-electron chi connectivity index (χ4n) is 2.87. The van der Waals surface area contributed by atoms with Gasteiger partial charge in [-0.25, -0.2) is 0 Å². The summed E-state index contributed by atoms with van der Waals surface area (Å²) in [6, 6.07) is 13.4. The van der Waals surface area contributed by atoms with Crippen LogP contribution in [-0.2, 0) is 19.1 Å². The molecule has 0 fully saturated rings. The first-order valence-corrected chi connectivity index (χ1v) is 8.54. The summed E-state index contributed by atoms with van der Waals surface area (Å²) in [5.41, 5.74) is 1.89. The number of benzene rings is 2. The largest absolute Gasteiger partial charge is 0.375 e. The highest BCUT2D eigenvalue weighted by atomic mass is 16.5. The first kappa shape index (κ1) is 19.2. The quantitative estimate of drug-likeness (QED) is 0.593. The van der Waals surface area contributed by atoms with Crippen molar-refractivity contribution in [3.63, 3.8) is 0 Å². The molecule has 0 saturated carbocycles. The van der Waals surface area contributed by atoms with E-state index in [4.69, 9.17) is 4.74 Å². The predicted octanol–water partition coefficient (Wildman–Crippen LogP) is 2.31. The topological polar surface area (TPSA) is 102 Å². The highest BCUT2D eigenvalue weighted by Gasteiger charge is 2.38. The van der Waals surface area contributed by atoms with Crippen LogP contribution >= 0.6 is 0 Å². The Hall–Kier alpha value is -3.58. The maximum atomic E-state index is 12.5. The molecule has 0 saturated heterocycles. The molecular formula is C21H18N2O5. The van der Waals surface area contributed by atoms with E-state index in [0.29, 0.717) is 22.5 Å². The molecule has 2 N–H and O–H groups in total. The van der Waals surface area contributed by atoms with Crippen LogP contribution in [0.3, 0.4) is 0 Å². The van der Waals surface area contributed by atoms with Gasteiger partial charge in [0.05, 0.1) is 5.69 Å². The Morgan fingerprint density at radius 3 is 2.71 bits per heavy atom. The summed E-state index contributed by atoms with van der Waals surface area (Å²) in [4.78, 5) is 48.8. The number of hydrogen-bond acceptors (Lipinski definition) is 5. The Labute approximate surface area is 161 Å². The summed E-state index contributed by atoms with van der Waals surface area (Å²) in [7, 11) is 1.42. The number of fused-ring (bicyclic) bond motifs is 1. The van der Waals surface area contributed by atoms with E-state index in [1.54, 1.807) is 48.5 Å². The number of hydrogen-bond donors (Lipinski definition) is 2. The minimum Gasteiger partial charge on any atom is -0.375 e. The predicted molar refractivity (Wildman–Crippen MR) is 104 cm³/mol. The molecular weight excluding hydrogens is 360 g/mol. The summed E-state index contributed by atoms with van der Waals surface area (Å²) in [5, 5.41) is 5.25. The van der Waals surface area contributed by atoms with Crippen molar-refractivity contribution < 1.29 is 23.9 Å². The number of rotatable bonds is 6. The molecule has 0 aliphatic carbocycles. The second kappa shape index (κ2) is 8.41. The van der Waals surface area contributed by atoms with Gasteiger partial charge in [0.25, 0.3) is 0 Å². The van der Waals surface area contributed by atoms with Crippen molar-refractivity contribution in [2.24, 2.45) is 5.92 Å². The zero-order valence-electron chi connectivity index (χ0n) is 15.1. The molecule has 0 bridgehead atoms. The van der Waals surface area contributed by atoms with E-state index in [-0.39, 0.29) is 12.5 Å². The Morgan fingerprint density at radius 1 is 1.14 bits per heavy atom. The van der Waals surface area contributed by atoms with Crippen LogP contribution in [0.2, 0.25) is 0 Å². The lowest BCUT2D eigenvalue weighted by molar-refractivity contribution is -0.126. The standard InChI is InChI=1S/C21H18N2O5/c1-28-12-18(25)22-14-6-4-5-13(11-14)9-10-17(24)19-20(26)15-7-2-3-8-16(15)23-21(19)27/h2-11,19H,12H2,1H3,(H,22,25)(H,23,27)/b10-9+. The number of anilines is 2. The SMILES string of the molecule is COCC(=O)Nc1cccc(/C=C/C(=O)C2C(=O)Nc3ccccc3C2=O)c1. The number of carbonyl (C=O) groups excluding carboxylic acids is 4. The number of para-hydroxylation sites is 1. The van der Waals surface area contributed by atoms with Gasteiger partial charge < -0.3 is 15.4 Å². The molecule has 0 radical (unpaired) electrons. The van der Waals surface area contributed by atoms with Gasteiger partial charge in [0.2, 0.25) is 11.8 Å². The summed E-state index contributed by atoms with van der Waals surface area (Å²) >= 11 is 0. The highest BCUT2D eigenvalue weighted by Crippen LogP contribution is 2.26. The smallest absolute Gasteiger partial charge is 0.250 e. The summed E-state index contributed by atoms with van der Waals surface area (Å²) in [5.74, 6) is -3.47. The lowest BCUT2D eigenvalue weighted by Gasteiger charge is -2.21. The normalized spacial score (nSPS) is 15.8. The Bertz CT molecular complexity index is 980. The summed E-state index contributed by atoms with van der Waals surface area (Å²) in [6.07, 6.45) is 2.70. The third kappa shape index (κ3) is 4.21. The first-order valence-electron chi connectivity index (χ1n) is 8.54. The Morgan fingerprint density at radius 2 is 1.93 bits per heavy atom. The molecule has 0 aromatic heterocycles. The molecule has 1 heterocycles. The van der Waals surface area contributed by atoms with Gasteiger partial charge in [0, 0.05) is 18.4 Å². The molecule has 1 unspecified atom stereocenters. The molecule has 7 nitrogen and oxygen atoms in total. The second-order valence-electron chi connectivity index (χ2n) is 6.17. The highest BCUT2D eigenvalue weighted by molar-refractivity contribution is 6.32. The molecule has 1 aliphatic heterocycles. The minimum absolute atomic E-state index is 0.0705. The molecule has 7 heteroatoms. The number of allylic oxidation sites excluding steroid dienone is 1. The molecule has 0 spiro atoms. The van der Waals surface area contributed by atoms with Gasteiger partial charge in [-0.2, -0.15) is 0 Å². The van der Waals surface area contributed by atoms with E-state index in [1.165, 1.54) is 19.3 Å². The van der Waals surface area contributed by atoms with Gasteiger partial charge in [-0.15, -0.1) is 0 Å². The molecule has 1 atom stereocenters. The van der Waals surface area contributed by atoms with E-state index in [0.717, 1.165) is 0 Å². The van der Waals surface area contributed by atoms with Crippen molar-refractivity contribution in [1.29, 1.82) is 0 Å². The van der Waals surface area contributed by atoms with E-state index >= 15 is 0 Å². The van der Waals surface area contributed by atoms with Crippen LogP contribution in [0.1, 0.15) is 15.9 Å². The Kier molecular flexibility index (Phi) is 5.76. The van der Waals surface area contributed by atoms with Crippen molar-refractivity contribution in [2.45, 2.75) is 0 Å². The molecule has 2 aromatic carbocycles. The number of methoxy groups -OCH3 is 1. The minimum atomic E-state index is -1.41. The van der Waals surface area contributed by atoms with Gasteiger partial charge >= 0.3 is 0 Å². The maximum Gasteiger partial charge on any atom is 0.250 e. The Balaban J connectivity index is 1.74. The van der Waals surface area contributed by atoms with Crippen molar-refractivity contribution in [3.8, 4) is 0 Å². The van der Waals surface area contributed by atoms with E-state index in [2.05, 4.69) is 10.6 Å². The zero-order valence-corrected chi connectivity index (χ0v) is 15.1. The number of carbonyl (C=O) groups is 4. The average molecular weight is 378 g/mol. The van der Waals surface area contributed by atoms with Gasteiger partial charge in [0.15, 0.2) is 17.5 Å². The molecule has 3 rings (SSSR count). The summed E-state index contributed by atoms with van der Waals surface area (Å²) in [6.45, 7) is -0.0705. The summed E-state index contributed by atoms with van der Waals surface area (Å²) < 4.78 is 4.76. The number of nitrogens with one attached hydrogen (secondary N) is 2. The lowest BCUT2D eigenvalue weighted by atomic mass is 9.88. The van der Waals surface area contributed by atoms with Gasteiger partial charge in [-0.05, 0) is 35.9 Å². The molecule has 2 aromatic rings. The molecule has 142 valence electrons. The van der Waals surface area contributed by atoms with Crippen molar-refractivity contribution in [2.75, 3.05) is 24.4 Å². The van der Waals surface area contributed by atoms with Crippen LogP contribution in [0.15, 0.2) is 54.6 Å². The van der Waals surface area contributed by atoms with Crippen LogP contribution in [0.5, 0.6) is 0 Å². The monoisotopic (exact) mass is 378 g/mol. The van der Waals surface area contributed by atoms with Crippen molar-refractivity contribution in [3.05, 3.63) is 65.7 Å². The fraction of sp³-hybridized carbons (Fsp3) is 0.143. The molecule has 1 aliphatic rings. The number of Topliss-reactive ketones (excluding diaryl/α,β-unsaturated/α-hetero) is 1. The van der Waals surface area contributed by atoms with Crippen LogP contribution < -0.4 is 10.6 Å². The lowest BCUT2D eigenvalue weighted by Crippen LogP contribution is -2.39. The molecule has 2 amide bonds. The van der Waals surface area contributed by atoms with E-state index in [1.807, 2.05) is 0 Å². The van der Waals surface area contributed by atoms with Crippen LogP contribution in [0.4, 0.5) is 11.4 Å². The van der Waals surface area contributed by atoms with Crippen LogP contribution in [0, 0.1) is 5.92 Å². The van der Waals surface area contributed by atoms with Gasteiger partial charge in [-0.1, -0.05) is 30.3 Å². The first-order chi connectivity index (χ1) is 13.5. The number of ether oxygens (including phenoxy) is 1. The third-order valence-corrected chi connectivity index (χ3v) is 4.15. The average Bonchev–Trinajstić information content (AvgIpc) is 2.67. The zero-order chi connectivity index (χ0) is 20.1. The molecule has 28 heavy (non-hydrogen) atoms. The van der Waals surface area contributed by atoms with E-state index < -0.39 is 23.4 Å². The maximum absolute atomic E-state index is 12.5. The van der Waals surface area contributed by atoms with Crippen molar-refractivity contribution in [1.82, 2.24) is 0 Å². The van der Waals surface area contributed by atoms with Gasteiger partial charge in [0.1, 0.15) is 6.61 Å². The second-order valence-corrected chi connectivity index (χ2v) is 6.17. The van der Waals surface area contributed by atoms with Crippen molar-refractivity contribution >= 4 is 40.8 Å². The third-order valence-electron chi connectivity index (χ3n) is 4.15. The number of ketones is 2.